The maximum atomic E-state index is 12.2. The fraction of sp³-hybridized carbons (Fsp3) is 0.143. The number of para-hydroxylation sites is 1. The van der Waals surface area contributed by atoms with E-state index in [1.807, 2.05) is 0 Å². The Morgan fingerprint density at radius 3 is 2.68 bits per heavy atom. The highest BCUT2D eigenvalue weighted by atomic mass is 32.2. The Balaban J connectivity index is 2.59. The van der Waals surface area contributed by atoms with Gasteiger partial charge in [-0.2, -0.15) is 0 Å². The Labute approximate surface area is 129 Å². The number of ether oxygens (including phenoxy) is 1. The summed E-state index contributed by atoms with van der Waals surface area (Å²) in [6, 6.07) is 4.81. The van der Waals surface area contributed by atoms with Gasteiger partial charge in [-0.15, -0.1) is 11.3 Å². The number of benzene rings is 1. The Bertz CT molecular complexity index is 1080. The maximum Gasteiger partial charge on any atom is 0.339 e. The van der Waals surface area contributed by atoms with Crippen LogP contribution in [0.2, 0.25) is 0 Å². The molecule has 0 saturated heterocycles. The summed E-state index contributed by atoms with van der Waals surface area (Å²) in [4.78, 5) is 26.8. The first-order valence-corrected chi connectivity index (χ1v) is 8.96. The maximum absolute atomic E-state index is 12.2. The molecule has 22 heavy (non-hydrogen) atoms. The second-order valence-corrected chi connectivity index (χ2v) is 7.61. The van der Waals surface area contributed by atoms with Gasteiger partial charge >= 0.3 is 5.97 Å². The van der Waals surface area contributed by atoms with Crippen LogP contribution in [0.5, 0.6) is 0 Å². The summed E-state index contributed by atoms with van der Waals surface area (Å²) in [7, 11) is -2.25. The zero-order valence-electron chi connectivity index (χ0n) is 11.7. The number of sulfone groups is 1. The minimum Gasteiger partial charge on any atom is -0.465 e. The molecule has 0 radical (unpaired) electrons. The van der Waals surface area contributed by atoms with E-state index in [4.69, 9.17) is 4.74 Å². The quantitative estimate of drug-likeness (QED) is 0.721. The average molecular weight is 337 g/mol. The molecular formula is C14H11NO5S2. The Morgan fingerprint density at radius 1 is 1.32 bits per heavy atom. The Morgan fingerprint density at radius 2 is 2.05 bits per heavy atom. The van der Waals surface area contributed by atoms with Crippen molar-refractivity contribution in [3.05, 3.63) is 39.5 Å². The third kappa shape index (κ3) is 2.11. The van der Waals surface area contributed by atoms with E-state index in [-0.39, 0.29) is 16.0 Å². The SMILES string of the molecule is COC(=O)c1cccc2c1[nH]c(=O)c1scc(S(C)(=O)=O)c12. The molecule has 0 atom stereocenters. The first-order valence-electron chi connectivity index (χ1n) is 6.19. The zero-order valence-corrected chi connectivity index (χ0v) is 13.3. The van der Waals surface area contributed by atoms with Crippen LogP contribution < -0.4 is 5.56 Å². The molecule has 8 heteroatoms. The lowest BCUT2D eigenvalue weighted by molar-refractivity contribution is 0.0603. The smallest absolute Gasteiger partial charge is 0.339 e. The summed E-state index contributed by atoms with van der Waals surface area (Å²) >= 11 is 1.06. The number of nitrogens with one attached hydrogen (secondary N) is 1. The number of hydrogen-bond acceptors (Lipinski definition) is 6. The molecule has 0 aliphatic carbocycles. The van der Waals surface area contributed by atoms with Gasteiger partial charge in [-0.05, 0) is 6.07 Å². The van der Waals surface area contributed by atoms with Crippen LogP contribution in [0, 0.1) is 0 Å². The number of thiophene rings is 1. The van der Waals surface area contributed by atoms with Crippen molar-refractivity contribution in [1.29, 1.82) is 0 Å². The molecule has 0 amide bonds. The van der Waals surface area contributed by atoms with Crippen LogP contribution in [-0.4, -0.2) is 32.7 Å². The number of pyridine rings is 1. The molecule has 0 unspecified atom stereocenters. The number of aromatic amines is 1. The van der Waals surface area contributed by atoms with Gasteiger partial charge in [0, 0.05) is 22.4 Å². The summed E-state index contributed by atoms with van der Waals surface area (Å²) in [6.07, 6.45) is 1.09. The van der Waals surface area contributed by atoms with E-state index in [1.54, 1.807) is 12.1 Å². The van der Waals surface area contributed by atoms with Crippen LogP contribution in [0.4, 0.5) is 0 Å². The number of methoxy groups -OCH3 is 1. The fourth-order valence-corrected chi connectivity index (χ4v) is 4.71. The van der Waals surface area contributed by atoms with E-state index in [2.05, 4.69) is 4.98 Å². The highest BCUT2D eigenvalue weighted by Gasteiger charge is 2.21. The third-order valence-corrected chi connectivity index (χ3v) is 5.59. The normalized spacial score (nSPS) is 11.9. The van der Waals surface area contributed by atoms with Crippen molar-refractivity contribution in [1.82, 2.24) is 4.98 Å². The second-order valence-electron chi connectivity index (χ2n) is 4.75. The molecule has 0 aliphatic rings. The van der Waals surface area contributed by atoms with Gasteiger partial charge < -0.3 is 9.72 Å². The predicted octanol–water partition coefficient (Wildman–Crippen LogP) is 1.93. The molecule has 1 N–H and O–H groups in total. The minimum atomic E-state index is -3.49. The molecule has 0 fully saturated rings. The van der Waals surface area contributed by atoms with E-state index in [0.29, 0.717) is 15.5 Å². The number of fused-ring (bicyclic) bond motifs is 3. The molecule has 3 aromatic rings. The van der Waals surface area contributed by atoms with Crippen molar-refractivity contribution in [2.75, 3.05) is 13.4 Å². The van der Waals surface area contributed by atoms with Crippen LogP contribution >= 0.6 is 11.3 Å². The molecule has 114 valence electrons. The van der Waals surface area contributed by atoms with Gasteiger partial charge in [-0.1, -0.05) is 12.1 Å². The van der Waals surface area contributed by atoms with Crippen LogP contribution in [0.1, 0.15) is 10.4 Å². The number of hydrogen-bond donors (Lipinski definition) is 1. The molecule has 0 bridgehead atoms. The topological polar surface area (TPSA) is 93.3 Å². The molecule has 1 aromatic carbocycles. The summed E-state index contributed by atoms with van der Waals surface area (Å²) in [5.41, 5.74) is 0.0264. The lowest BCUT2D eigenvalue weighted by atomic mass is 10.1. The number of esters is 1. The molecule has 0 aliphatic heterocycles. The zero-order chi connectivity index (χ0) is 16.1. The lowest BCUT2D eigenvalue weighted by Gasteiger charge is -2.06. The van der Waals surface area contributed by atoms with Gasteiger partial charge in [0.05, 0.1) is 23.1 Å². The van der Waals surface area contributed by atoms with Crippen molar-refractivity contribution in [2.24, 2.45) is 0 Å². The number of rotatable bonds is 2. The molecular weight excluding hydrogens is 326 g/mol. The molecule has 2 heterocycles. The van der Waals surface area contributed by atoms with Gasteiger partial charge in [-0.25, -0.2) is 13.2 Å². The monoisotopic (exact) mass is 337 g/mol. The molecule has 6 nitrogen and oxygen atoms in total. The van der Waals surface area contributed by atoms with E-state index in [9.17, 15) is 18.0 Å². The highest BCUT2D eigenvalue weighted by Crippen LogP contribution is 2.33. The van der Waals surface area contributed by atoms with Gasteiger partial charge in [-0.3, -0.25) is 4.79 Å². The van der Waals surface area contributed by atoms with E-state index in [1.165, 1.54) is 18.6 Å². The van der Waals surface area contributed by atoms with Gasteiger partial charge in [0.1, 0.15) is 4.70 Å². The first kappa shape index (κ1) is 14.7. The predicted molar refractivity (Wildman–Crippen MR) is 84.4 cm³/mol. The number of carbonyl (C=O) groups is 1. The van der Waals surface area contributed by atoms with Crippen molar-refractivity contribution >= 4 is 48.1 Å². The molecule has 0 spiro atoms. The first-order chi connectivity index (χ1) is 10.3. The van der Waals surface area contributed by atoms with Crippen molar-refractivity contribution in [3.63, 3.8) is 0 Å². The van der Waals surface area contributed by atoms with E-state index in [0.717, 1.165) is 17.6 Å². The van der Waals surface area contributed by atoms with Gasteiger partial charge in [0.15, 0.2) is 9.84 Å². The van der Waals surface area contributed by atoms with Gasteiger partial charge in [0.25, 0.3) is 5.56 Å². The number of carbonyl (C=O) groups excluding carboxylic acids is 1. The van der Waals surface area contributed by atoms with Crippen molar-refractivity contribution < 1.29 is 17.9 Å². The second kappa shape index (κ2) is 4.92. The lowest BCUT2D eigenvalue weighted by Crippen LogP contribution is -2.10. The highest BCUT2D eigenvalue weighted by molar-refractivity contribution is 7.91. The van der Waals surface area contributed by atoms with Gasteiger partial charge in [0.2, 0.25) is 0 Å². The summed E-state index contributed by atoms with van der Waals surface area (Å²) < 4.78 is 28.9. The minimum absolute atomic E-state index is 0.0885. The summed E-state index contributed by atoms with van der Waals surface area (Å²) in [5, 5.41) is 2.29. The van der Waals surface area contributed by atoms with E-state index < -0.39 is 21.4 Å². The molecule has 0 saturated carbocycles. The summed E-state index contributed by atoms with van der Waals surface area (Å²) in [6.45, 7) is 0. The number of H-pyrrole nitrogens is 1. The largest absolute Gasteiger partial charge is 0.465 e. The van der Waals surface area contributed by atoms with E-state index >= 15 is 0 Å². The van der Waals surface area contributed by atoms with Crippen molar-refractivity contribution in [2.45, 2.75) is 4.90 Å². The Hall–Kier alpha value is -2.19. The van der Waals surface area contributed by atoms with Crippen LogP contribution in [0.25, 0.3) is 21.0 Å². The standard InChI is InChI=1S/C14H11NO5S2/c1-20-14(17)8-5-3-4-7-10-9(22(2,18)19)6-21-12(10)13(16)15-11(7)8/h3-6H,1-2H3,(H,15,16). The van der Waals surface area contributed by atoms with Crippen LogP contribution in [0.3, 0.4) is 0 Å². The Kier molecular flexibility index (Phi) is 3.30. The van der Waals surface area contributed by atoms with Crippen molar-refractivity contribution in [3.8, 4) is 0 Å². The van der Waals surface area contributed by atoms with Crippen LogP contribution in [0.15, 0.2) is 33.3 Å². The summed E-state index contributed by atoms with van der Waals surface area (Å²) in [5.74, 6) is -0.600. The molecule has 3 rings (SSSR count). The fourth-order valence-electron chi connectivity index (χ4n) is 2.38. The van der Waals surface area contributed by atoms with Crippen LogP contribution in [-0.2, 0) is 14.6 Å². The average Bonchev–Trinajstić information content (AvgIpc) is 2.92. The third-order valence-electron chi connectivity index (χ3n) is 3.34. The number of aromatic nitrogens is 1. The molecule has 2 aromatic heterocycles.